The van der Waals surface area contributed by atoms with E-state index in [0.29, 0.717) is 11.3 Å². The minimum atomic E-state index is -0.262. The summed E-state index contributed by atoms with van der Waals surface area (Å²) in [4.78, 5) is 26.1. The van der Waals surface area contributed by atoms with E-state index in [2.05, 4.69) is 71.4 Å². The third-order valence-electron chi connectivity index (χ3n) is 5.40. The number of carbonyl (C=O) groups is 1. The number of nitrogens with zero attached hydrogens (tertiary/aromatic N) is 4. The number of hydrogen-bond acceptors (Lipinski definition) is 4. The van der Waals surface area contributed by atoms with Crippen molar-refractivity contribution >= 4 is 5.91 Å². The topological polar surface area (TPSA) is 72.7 Å². The van der Waals surface area contributed by atoms with Crippen LogP contribution < -0.4 is 5.32 Å². The van der Waals surface area contributed by atoms with Gasteiger partial charge in [-0.2, -0.15) is 0 Å². The van der Waals surface area contributed by atoms with E-state index in [1.165, 1.54) is 5.56 Å². The van der Waals surface area contributed by atoms with Crippen LogP contribution >= 0.6 is 0 Å². The van der Waals surface area contributed by atoms with Crippen LogP contribution in [0.15, 0.2) is 73.4 Å². The number of aromatic nitrogens is 4. The lowest BCUT2D eigenvalue weighted by Crippen LogP contribution is -2.27. The van der Waals surface area contributed by atoms with Gasteiger partial charge in [0, 0.05) is 42.0 Å². The van der Waals surface area contributed by atoms with Gasteiger partial charge >= 0.3 is 0 Å². The molecule has 4 rings (SSSR count). The average molecular weight is 426 g/mol. The summed E-state index contributed by atoms with van der Waals surface area (Å²) in [6.07, 6.45) is 8.64. The lowest BCUT2D eigenvalue weighted by molar-refractivity contribution is 0.0939. The average Bonchev–Trinajstić information content (AvgIpc) is 3.30. The van der Waals surface area contributed by atoms with Gasteiger partial charge in [-0.15, -0.1) is 0 Å². The van der Waals surface area contributed by atoms with Crippen molar-refractivity contribution in [3.05, 3.63) is 96.1 Å². The molecule has 2 aromatic carbocycles. The molecule has 2 heterocycles. The van der Waals surface area contributed by atoms with E-state index in [1.54, 1.807) is 24.8 Å². The Morgan fingerprint density at radius 2 is 1.72 bits per heavy atom. The Labute approximate surface area is 188 Å². The zero-order chi connectivity index (χ0) is 22.7. The van der Waals surface area contributed by atoms with Crippen LogP contribution in [-0.2, 0) is 0 Å². The minimum absolute atomic E-state index is 0.162. The molecule has 0 aliphatic heterocycles. The van der Waals surface area contributed by atoms with Gasteiger partial charge in [0.25, 0.3) is 5.91 Å². The van der Waals surface area contributed by atoms with Crippen LogP contribution in [0.3, 0.4) is 0 Å². The van der Waals surface area contributed by atoms with E-state index in [0.717, 1.165) is 22.6 Å². The quantitative estimate of drug-likeness (QED) is 0.458. The predicted octanol–water partition coefficient (Wildman–Crippen LogP) is 5.25. The van der Waals surface area contributed by atoms with Crippen LogP contribution in [0.1, 0.15) is 60.2 Å². The second kappa shape index (κ2) is 9.14. The number of benzene rings is 2. The SMILES string of the molecule is Cc1ccc(-c2cc(C(=O)NC(C)c3cnccn3)cc(-n3ccnc3C(C)C)c2)cc1. The summed E-state index contributed by atoms with van der Waals surface area (Å²) < 4.78 is 2.05. The lowest BCUT2D eigenvalue weighted by atomic mass is 10.00. The maximum absolute atomic E-state index is 13.2. The molecule has 0 aliphatic rings. The first-order valence-corrected chi connectivity index (χ1v) is 10.7. The van der Waals surface area contributed by atoms with Crippen molar-refractivity contribution in [1.29, 1.82) is 0 Å². The van der Waals surface area contributed by atoms with Crippen molar-refractivity contribution in [2.45, 2.75) is 39.7 Å². The van der Waals surface area contributed by atoms with E-state index in [9.17, 15) is 4.79 Å². The Hall–Kier alpha value is -3.80. The Morgan fingerprint density at radius 1 is 0.938 bits per heavy atom. The van der Waals surface area contributed by atoms with Crippen molar-refractivity contribution in [2.24, 2.45) is 0 Å². The fraction of sp³-hybridized carbons (Fsp3) is 0.231. The molecule has 1 N–H and O–H groups in total. The maximum Gasteiger partial charge on any atom is 0.251 e. The van der Waals surface area contributed by atoms with Gasteiger partial charge in [0.1, 0.15) is 5.82 Å². The van der Waals surface area contributed by atoms with Gasteiger partial charge in [-0.05, 0) is 43.2 Å². The number of aryl methyl sites for hydroxylation is 1. The standard InChI is InChI=1S/C26H27N5O/c1-17(2)25-29-11-12-31(25)23-14-21(20-7-5-18(3)6-8-20)13-22(15-23)26(32)30-19(4)24-16-27-9-10-28-24/h5-17,19H,1-4H3,(H,30,32). The number of amides is 1. The van der Waals surface area contributed by atoms with Gasteiger partial charge in [0.2, 0.25) is 0 Å². The molecule has 162 valence electrons. The first kappa shape index (κ1) is 21.4. The molecule has 1 atom stereocenters. The number of carbonyl (C=O) groups excluding carboxylic acids is 1. The molecule has 1 unspecified atom stereocenters. The summed E-state index contributed by atoms with van der Waals surface area (Å²) in [7, 11) is 0. The summed E-state index contributed by atoms with van der Waals surface area (Å²) >= 11 is 0. The highest BCUT2D eigenvalue weighted by Gasteiger charge is 2.17. The molecule has 0 spiro atoms. The fourth-order valence-corrected chi connectivity index (χ4v) is 3.64. The van der Waals surface area contributed by atoms with Crippen LogP contribution in [-0.4, -0.2) is 25.4 Å². The molecular formula is C26H27N5O. The van der Waals surface area contributed by atoms with E-state index in [4.69, 9.17) is 0 Å². The first-order chi connectivity index (χ1) is 15.4. The monoisotopic (exact) mass is 425 g/mol. The molecule has 0 saturated carbocycles. The molecule has 2 aromatic heterocycles. The zero-order valence-corrected chi connectivity index (χ0v) is 18.8. The lowest BCUT2D eigenvalue weighted by Gasteiger charge is -2.16. The molecule has 0 radical (unpaired) electrons. The van der Waals surface area contributed by atoms with Gasteiger partial charge in [0.05, 0.1) is 17.9 Å². The molecule has 6 nitrogen and oxygen atoms in total. The Balaban J connectivity index is 1.75. The third kappa shape index (κ3) is 4.59. The van der Waals surface area contributed by atoms with Crippen LogP contribution in [0.25, 0.3) is 16.8 Å². The molecule has 0 aliphatic carbocycles. The van der Waals surface area contributed by atoms with Gasteiger partial charge in [-0.25, -0.2) is 4.98 Å². The van der Waals surface area contributed by atoms with Crippen molar-refractivity contribution in [3.63, 3.8) is 0 Å². The largest absolute Gasteiger partial charge is 0.344 e. The van der Waals surface area contributed by atoms with E-state index in [1.807, 2.05) is 29.8 Å². The van der Waals surface area contributed by atoms with Crippen LogP contribution in [0.2, 0.25) is 0 Å². The van der Waals surface area contributed by atoms with Gasteiger partial charge < -0.3 is 9.88 Å². The predicted molar refractivity (Wildman–Crippen MR) is 126 cm³/mol. The van der Waals surface area contributed by atoms with Gasteiger partial charge in [-0.1, -0.05) is 43.7 Å². The normalized spacial score (nSPS) is 12.0. The number of imidazole rings is 1. The Kier molecular flexibility index (Phi) is 6.12. The van der Waals surface area contributed by atoms with E-state index in [-0.39, 0.29) is 17.9 Å². The minimum Gasteiger partial charge on any atom is -0.344 e. The molecule has 0 saturated heterocycles. The van der Waals surface area contributed by atoms with Crippen LogP contribution in [0.4, 0.5) is 0 Å². The molecule has 32 heavy (non-hydrogen) atoms. The first-order valence-electron chi connectivity index (χ1n) is 10.7. The van der Waals surface area contributed by atoms with Crippen molar-refractivity contribution in [3.8, 4) is 16.8 Å². The number of hydrogen-bond donors (Lipinski definition) is 1. The summed E-state index contributed by atoms with van der Waals surface area (Å²) in [5.74, 6) is 1.04. The highest BCUT2D eigenvalue weighted by atomic mass is 16.1. The number of rotatable bonds is 6. The molecule has 0 bridgehead atoms. The van der Waals surface area contributed by atoms with Crippen LogP contribution in [0, 0.1) is 6.92 Å². The summed E-state index contributed by atoms with van der Waals surface area (Å²) in [6.45, 7) is 8.18. The fourth-order valence-electron chi connectivity index (χ4n) is 3.64. The van der Waals surface area contributed by atoms with Gasteiger partial charge in [0.15, 0.2) is 0 Å². The van der Waals surface area contributed by atoms with E-state index < -0.39 is 0 Å². The Bertz CT molecular complexity index is 1210. The third-order valence-corrected chi connectivity index (χ3v) is 5.40. The number of nitrogens with one attached hydrogen (secondary N) is 1. The van der Waals surface area contributed by atoms with Crippen molar-refractivity contribution < 1.29 is 4.79 Å². The molecule has 6 heteroatoms. The maximum atomic E-state index is 13.2. The van der Waals surface area contributed by atoms with Crippen LogP contribution in [0.5, 0.6) is 0 Å². The second-order valence-electron chi connectivity index (χ2n) is 8.27. The van der Waals surface area contributed by atoms with Gasteiger partial charge in [-0.3, -0.25) is 14.8 Å². The van der Waals surface area contributed by atoms with Crippen molar-refractivity contribution in [2.75, 3.05) is 0 Å². The summed E-state index contributed by atoms with van der Waals surface area (Å²) in [6, 6.07) is 14.0. The second-order valence-corrected chi connectivity index (χ2v) is 8.27. The van der Waals surface area contributed by atoms with E-state index >= 15 is 0 Å². The summed E-state index contributed by atoms with van der Waals surface area (Å²) in [5.41, 5.74) is 5.42. The molecule has 1 amide bonds. The smallest absolute Gasteiger partial charge is 0.251 e. The Morgan fingerprint density at radius 3 is 2.41 bits per heavy atom. The molecular weight excluding hydrogens is 398 g/mol. The highest BCUT2D eigenvalue weighted by Crippen LogP contribution is 2.27. The molecule has 0 fully saturated rings. The summed E-state index contributed by atoms with van der Waals surface area (Å²) in [5, 5.41) is 3.04. The van der Waals surface area contributed by atoms with Crippen molar-refractivity contribution in [1.82, 2.24) is 24.8 Å². The molecule has 4 aromatic rings. The highest BCUT2D eigenvalue weighted by molar-refractivity contribution is 5.96. The zero-order valence-electron chi connectivity index (χ0n) is 18.8.